The van der Waals surface area contributed by atoms with Gasteiger partial charge in [-0.1, -0.05) is 13.8 Å². The molecule has 18 heavy (non-hydrogen) atoms. The Morgan fingerprint density at radius 3 is 2.72 bits per heavy atom. The molecule has 0 bridgehead atoms. The fourth-order valence-electron chi connectivity index (χ4n) is 1.61. The van der Waals surface area contributed by atoms with Gasteiger partial charge in [-0.05, 0) is 36.6 Å². The van der Waals surface area contributed by atoms with Crippen molar-refractivity contribution in [1.82, 2.24) is 0 Å². The van der Waals surface area contributed by atoms with Gasteiger partial charge in [-0.2, -0.15) is 0 Å². The molecule has 1 N–H and O–H groups in total. The van der Waals surface area contributed by atoms with Gasteiger partial charge in [0.05, 0.1) is 6.61 Å². The average molecular weight is 252 g/mol. The summed E-state index contributed by atoms with van der Waals surface area (Å²) in [7, 11) is 0. The van der Waals surface area contributed by atoms with E-state index in [1.165, 1.54) is 18.2 Å². The first-order valence-corrected chi connectivity index (χ1v) is 5.94. The molecule has 3 nitrogen and oxygen atoms in total. The minimum atomic E-state index is -1.04. The van der Waals surface area contributed by atoms with Gasteiger partial charge in [-0.3, -0.25) is 0 Å². The first-order valence-electron chi connectivity index (χ1n) is 5.94. The van der Waals surface area contributed by atoms with E-state index in [0.717, 1.165) is 12.5 Å². The topological polar surface area (TPSA) is 46.5 Å². The fraction of sp³-hybridized carbons (Fsp3) is 0.357. The number of halogens is 1. The van der Waals surface area contributed by atoms with Crippen LogP contribution in [0, 0.1) is 5.82 Å². The zero-order valence-electron chi connectivity index (χ0n) is 10.6. The number of carboxylic acid groups (broad SMARTS) is 1. The monoisotopic (exact) mass is 252 g/mol. The molecule has 1 aromatic rings. The molecule has 0 saturated carbocycles. The maximum atomic E-state index is 13.3. The highest BCUT2D eigenvalue weighted by molar-refractivity contribution is 5.90. The first kappa shape index (κ1) is 14.2. The molecule has 0 atom stereocenters. The number of rotatable bonds is 6. The molecule has 4 heteroatoms. The standard InChI is InChI=1S/C14H17FO3/c1-3-7-18-13-6-5-11(15)9-12(13)10(4-2)8-14(16)17/h5-6,8-9H,3-4,7H2,1-2H3,(H,16,17)/b10-8+. The second kappa shape index (κ2) is 6.79. The van der Waals surface area contributed by atoms with E-state index in [4.69, 9.17) is 9.84 Å². The lowest BCUT2D eigenvalue weighted by Gasteiger charge is -2.12. The van der Waals surface area contributed by atoms with E-state index < -0.39 is 11.8 Å². The molecule has 0 radical (unpaired) electrons. The zero-order chi connectivity index (χ0) is 13.5. The highest BCUT2D eigenvalue weighted by Gasteiger charge is 2.10. The Balaban J connectivity index is 3.17. The zero-order valence-corrected chi connectivity index (χ0v) is 10.6. The summed E-state index contributed by atoms with van der Waals surface area (Å²) in [6, 6.07) is 4.15. The van der Waals surface area contributed by atoms with Crippen molar-refractivity contribution in [3.8, 4) is 5.75 Å². The molecule has 0 heterocycles. The molecular weight excluding hydrogens is 235 g/mol. The molecule has 0 fully saturated rings. The summed E-state index contributed by atoms with van der Waals surface area (Å²) in [4.78, 5) is 10.7. The van der Waals surface area contributed by atoms with Gasteiger partial charge in [0.15, 0.2) is 0 Å². The number of carbonyl (C=O) groups is 1. The van der Waals surface area contributed by atoms with Crippen molar-refractivity contribution in [2.24, 2.45) is 0 Å². The molecule has 1 rings (SSSR count). The minimum absolute atomic E-state index is 0.404. The van der Waals surface area contributed by atoms with Crippen molar-refractivity contribution in [2.75, 3.05) is 6.61 Å². The number of allylic oxidation sites excluding steroid dienone is 1. The van der Waals surface area contributed by atoms with Crippen molar-refractivity contribution in [2.45, 2.75) is 26.7 Å². The summed E-state index contributed by atoms with van der Waals surface area (Å²) in [6.45, 7) is 4.31. The van der Waals surface area contributed by atoms with Crippen LogP contribution in [0.2, 0.25) is 0 Å². The molecule has 0 saturated heterocycles. The van der Waals surface area contributed by atoms with Gasteiger partial charge in [0.25, 0.3) is 0 Å². The van der Waals surface area contributed by atoms with Crippen LogP contribution in [0.3, 0.4) is 0 Å². The van der Waals surface area contributed by atoms with Crippen LogP contribution in [0.1, 0.15) is 32.3 Å². The van der Waals surface area contributed by atoms with Crippen LogP contribution in [0.4, 0.5) is 4.39 Å². The van der Waals surface area contributed by atoms with Gasteiger partial charge >= 0.3 is 5.97 Å². The third-order valence-corrected chi connectivity index (χ3v) is 2.43. The minimum Gasteiger partial charge on any atom is -0.493 e. The summed E-state index contributed by atoms with van der Waals surface area (Å²) in [5, 5.41) is 8.80. The lowest BCUT2D eigenvalue weighted by Crippen LogP contribution is -2.00. The highest BCUT2D eigenvalue weighted by Crippen LogP contribution is 2.29. The molecule has 0 aliphatic carbocycles. The Morgan fingerprint density at radius 2 is 2.17 bits per heavy atom. The summed E-state index contributed by atoms with van der Waals surface area (Å²) in [6.07, 6.45) is 2.42. The van der Waals surface area contributed by atoms with E-state index in [1.807, 2.05) is 13.8 Å². The third-order valence-electron chi connectivity index (χ3n) is 2.43. The number of carboxylic acids is 1. The predicted molar refractivity (Wildman–Crippen MR) is 68.1 cm³/mol. The van der Waals surface area contributed by atoms with Gasteiger partial charge in [-0.15, -0.1) is 0 Å². The number of hydrogen-bond donors (Lipinski definition) is 1. The summed E-state index contributed by atoms with van der Waals surface area (Å²) < 4.78 is 18.8. The van der Waals surface area contributed by atoms with Crippen LogP contribution in [0.5, 0.6) is 5.75 Å². The highest BCUT2D eigenvalue weighted by atomic mass is 19.1. The Labute approximate surface area is 106 Å². The van der Waals surface area contributed by atoms with E-state index in [0.29, 0.717) is 29.9 Å². The predicted octanol–water partition coefficient (Wildman–Crippen LogP) is 3.49. The summed E-state index contributed by atoms with van der Waals surface area (Å²) in [5.41, 5.74) is 1.06. The number of hydrogen-bond acceptors (Lipinski definition) is 2. The fourth-order valence-corrected chi connectivity index (χ4v) is 1.61. The number of aliphatic carboxylic acids is 1. The van der Waals surface area contributed by atoms with Crippen molar-refractivity contribution in [3.05, 3.63) is 35.7 Å². The Hall–Kier alpha value is -1.84. The Morgan fingerprint density at radius 1 is 1.44 bits per heavy atom. The van der Waals surface area contributed by atoms with Crippen LogP contribution in [-0.4, -0.2) is 17.7 Å². The number of ether oxygens (including phenoxy) is 1. The van der Waals surface area contributed by atoms with Gasteiger partial charge in [-0.25, -0.2) is 9.18 Å². The molecule has 0 unspecified atom stereocenters. The molecule has 1 aromatic carbocycles. The van der Waals surface area contributed by atoms with Crippen molar-refractivity contribution < 1.29 is 19.0 Å². The normalized spacial score (nSPS) is 11.4. The van der Waals surface area contributed by atoms with E-state index >= 15 is 0 Å². The SMILES string of the molecule is CCCOc1ccc(F)cc1/C(=C/C(=O)O)CC. The van der Waals surface area contributed by atoms with Crippen LogP contribution in [0.25, 0.3) is 5.57 Å². The van der Waals surface area contributed by atoms with E-state index in [2.05, 4.69) is 0 Å². The van der Waals surface area contributed by atoms with E-state index in [-0.39, 0.29) is 0 Å². The molecule has 98 valence electrons. The van der Waals surface area contributed by atoms with Gasteiger partial charge in [0, 0.05) is 11.6 Å². The molecular formula is C14H17FO3. The van der Waals surface area contributed by atoms with Crippen LogP contribution in [-0.2, 0) is 4.79 Å². The second-order valence-corrected chi connectivity index (χ2v) is 3.85. The molecule has 0 amide bonds. The van der Waals surface area contributed by atoms with Crippen LogP contribution in [0.15, 0.2) is 24.3 Å². The number of benzene rings is 1. The maximum absolute atomic E-state index is 13.3. The quantitative estimate of drug-likeness (QED) is 0.788. The van der Waals surface area contributed by atoms with E-state index in [9.17, 15) is 9.18 Å². The van der Waals surface area contributed by atoms with Crippen molar-refractivity contribution in [1.29, 1.82) is 0 Å². The third kappa shape index (κ3) is 3.87. The van der Waals surface area contributed by atoms with Crippen molar-refractivity contribution in [3.63, 3.8) is 0 Å². The van der Waals surface area contributed by atoms with Gasteiger partial charge in [0.1, 0.15) is 11.6 Å². The lowest BCUT2D eigenvalue weighted by molar-refractivity contribution is -0.131. The van der Waals surface area contributed by atoms with Crippen molar-refractivity contribution >= 4 is 11.5 Å². The van der Waals surface area contributed by atoms with Gasteiger partial charge < -0.3 is 9.84 Å². The maximum Gasteiger partial charge on any atom is 0.328 e. The largest absolute Gasteiger partial charge is 0.493 e. The van der Waals surface area contributed by atoms with Crippen LogP contribution >= 0.6 is 0 Å². The Kier molecular flexibility index (Phi) is 5.36. The Bertz CT molecular complexity index is 452. The first-order chi connectivity index (χ1) is 8.58. The van der Waals surface area contributed by atoms with Gasteiger partial charge in [0.2, 0.25) is 0 Å². The molecule has 0 aliphatic rings. The molecule has 0 spiro atoms. The van der Waals surface area contributed by atoms with Crippen LogP contribution < -0.4 is 4.74 Å². The molecule has 0 aromatic heterocycles. The average Bonchev–Trinajstić information content (AvgIpc) is 2.34. The second-order valence-electron chi connectivity index (χ2n) is 3.85. The smallest absolute Gasteiger partial charge is 0.328 e. The summed E-state index contributed by atoms with van der Waals surface area (Å²) >= 11 is 0. The van der Waals surface area contributed by atoms with E-state index in [1.54, 1.807) is 0 Å². The summed E-state index contributed by atoms with van der Waals surface area (Å²) in [5.74, 6) is -0.927. The lowest BCUT2D eigenvalue weighted by atomic mass is 10.0. The molecule has 0 aliphatic heterocycles.